The lowest BCUT2D eigenvalue weighted by atomic mass is 10.1. The molecular formula is C16H21N3O2S. The molecule has 118 valence electrons. The van der Waals surface area contributed by atoms with E-state index in [1.54, 1.807) is 0 Å². The second-order valence-electron chi connectivity index (χ2n) is 5.12. The van der Waals surface area contributed by atoms with E-state index in [0.717, 1.165) is 12.0 Å². The number of carbonyl (C=O) groups excluding carboxylic acids is 1. The molecule has 0 aliphatic carbocycles. The van der Waals surface area contributed by atoms with E-state index in [1.807, 2.05) is 45.0 Å². The first-order chi connectivity index (χ1) is 10.6. The van der Waals surface area contributed by atoms with E-state index in [1.165, 1.54) is 17.3 Å². The van der Waals surface area contributed by atoms with Crippen molar-refractivity contribution in [1.82, 2.24) is 15.5 Å². The molecule has 2 rings (SSSR count). The fraction of sp³-hybridized carbons (Fsp3) is 0.438. The van der Waals surface area contributed by atoms with Crippen molar-refractivity contribution in [2.45, 2.75) is 38.2 Å². The molecule has 22 heavy (non-hydrogen) atoms. The summed E-state index contributed by atoms with van der Waals surface area (Å²) in [4.78, 5) is 16.2. The van der Waals surface area contributed by atoms with Crippen molar-refractivity contribution in [3.05, 3.63) is 35.7 Å². The van der Waals surface area contributed by atoms with Gasteiger partial charge in [-0.2, -0.15) is 4.98 Å². The minimum atomic E-state index is -0.138. The Labute approximate surface area is 134 Å². The van der Waals surface area contributed by atoms with Crippen molar-refractivity contribution in [2.24, 2.45) is 0 Å². The first kappa shape index (κ1) is 16.5. The van der Waals surface area contributed by atoms with E-state index in [0.29, 0.717) is 24.0 Å². The molecule has 0 radical (unpaired) electrons. The maximum absolute atomic E-state index is 11.8. The minimum absolute atomic E-state index is 0.0464. The van der Waals surface area contributed by atoms with Gasteiger partial charge in [-0.3, -0.25) is 4.79 Å². The van der Waals surface area contributed by atoms with Crippen LogP contribution >= 0.6 is 11.8 Å². The largest absolute Gasteiger partial charge is 0.355 e. The van der Waals surface area contributed by atoms with Crippen molar-refractivity contribution in [2.75, 3.05) is 6.54 Å². The number of amides is 1. The summed E-state index contributed by atoms with van der Waals surface area (Å²) >= 11 is 1.49. The van der Waals surface area contributed by atoms with Gasteiger partial charge in [0.2, 0.25) is 17.6 Å². The SMILES string of the molecule is CCCNC(=O)[C@@H](C)SCc1nc(-c2ccc(C)cc2)no1. The summed E-state index contributed by atoms with van der Waals surface area (Å²) in [5.41, 5.74) is 2.12. The average molecular weight is 319 g/mol. The quantitative estimate of drug-likeness (QED) is 0.849. The summed E-state index contributed by atoms with van der Waals surface area (Å²) in [7, 11) is 0. The van der Waals surface area contributed by atoms with Gasteiger partial charge < -0.3 is 9.84 Å². The summed E-state index contributed by atoms with van der Waals surface area (Å²) < 4.78 is 5.25. The zero-order chi connectivity index (χ0) is 15.9. The van der Waals surface area contributed by atoms with Gasteiger partial charge in [0.05, 0.1) is 11.0 Å². The third kappa shape index (κ3) is 4.59. The average Bonchev–Trinajstić information content (AvgIpc) is 2.99. The predicted octanol–water partition coefficient (Wildman–Crippen LogP) is 3.19. The molecule has 0 aliphatic rings. The number of benzene rings is 1. The van der Waals surface area contributed by atoms with Gasteiger partial charge in [-0.1, -0.05) is 41.9 Å². The number of hydrogen-bond acceptors (Lipinski definition) is 5. The zero-order valence-electron chi connectivity index (χ0n) is 13.1. The van der Waals surface area contributed by atoms with Gasteiger partial charge in [-0.25, -0.2) is 0 Å². The summed E-state index contributed by atoms with van der Waals surface area (Å²) in [6.07, 6.45) is 0.937. The molecule has 0 unspecified atom stereocenters. The van der Waals surface area contributed by atoms with Crippen molar-refractivity contribution < 1.29 is 9.32 Å². The summed E-state index contributed by atoms with van der Waals surface area (Å²) in [6.45, 7) is 6.66. The van der Waals surface area contributed by atoms with Crippen LogP contribution in [0.5, 0.6) is 0 Å². The molecule has 0 bridgehead atoms. The van der Waals surface area contributed by atoms with Crippen LogP contribution in [0.2, 0.25) is 0 Å². The first-order valence-electron chi connectivity index (χ1n) is 7.39. The van der Waals surface area contributed by atoms with Gasteiger partial charge in [0, 0.05) is 12.1 Å². The second-order valence-corrected chi connectivity index (χ2v) is 6.45. The summed E-state index contributed by atoms with van der Waals surface area (Å²) in [5, 5.41) is 6.73. The van der Waals surface area contributed by atoms with E-state index in [2.05, 4.69) is 15.5 Å². The van der Waals surface area contributed by atoms with Crippen LogP contribution in [0.25, 0.3) is 11.4 Å². The van der Waals surface area contributed by atoms with E-state index in [-0.39, 0.29) is 11.2 Å². The third-order valence-electron chi connectivity index (χ3n) is 3.15. The lowest BCUT2D eigenvalue weighted by molar-refractivity contribution is -0.120. The molecular weight excluding hydrogens is 298 g/mol. The lowest BCUT2D eigenvalue weighted by Crippen LogP contribution is -2.31. The van der Waals surface area contributed by atoms with E-state index >= 15 is 0 Å². The Morgan fingerprint density at radius 2 is 2.09 bits per heavy atom. The fourth-order valence-corrected chi connectivity index (χ4v) is 2.54. The number of rotatable bonds is 7. The molecule has 5 nitrogen and oxygen atoms in total. The van der Waals surface area contributed by atoms with E-state index in [9.17, 15) is 4.79 Å². The Morgan fingerprint density at radius 3 is 2.77 bits per heavy atom. The van der Waals surface area contributed by atoms with Crippen molar-refractivity contribution in [1.29, 1.82) is 0 Å². The number of aromatic nitrogens is 2. The number of aryl methyl sites for hydroxylation is 1. The number of thioether (sulfide) groups is 1. The standard InChI is InChI=1S/C16H21N3O2S/c1-4-9-17-16(20)12(3)22-10-14-18-15(19-21-14)13-7-5-11(2)6-8-13/h5-8,12H,4,9-10H2,1-3H3,(H,17,20)/t12-/m1/s1. The first-order valence-corrected chi connectivity index (χ1v) is 8.44. The minimum Gasteiger partial charge on any atom is -0.355 e. The predicted molar refractivity (Wildman–Crippen MR) is 88.5 cm³/mol. The van der Waals surface area contributed by atoms with Gasteiger partial charge in [0.15, 0.2) is 0 Å². The van der Waals surface area contributed by atoms with Gasteiger partial charge in [-0.15, -0.1) is 11.8 Å². The van der Waals surface area contributed by atoms with E-state index in [4.69, 9.17) is 4.52 Å². The van der Waals surface area contributed by atoms with Crippen LogP contribution in [0.3, 0.4) is 0 Å². The van der Waals surface area contributed by atoms with Crippen molar-refractivity contribution >= 4 is 17.7 Å². The summed E-state index contributed by atoms with van der Waals surface area (Å²) in [5.74, 6) is 1.69. The summed E-state index contributed by atoms with van der Waals surface area (Å²) in [6, 6.07) is 7.97. The molecule has 0 saturated heterocycles. The van der Waals surface area contributed by atoms with Crippen molar-refractivity contribution in [3.63, 3.8) is 0 Å². The van der Waals surface area contributed by atoms with Crippen LogP contribution < -0.4 is 5.32 Å². The van der Waals surface area contributed by atoms with Crippen LogP contribution in [0, 0.1) is 6.92 Å². The molecule has 1 heterocycles. The molecule has 0 spiro atoms. The molecule has 6 heteroatoms. The van der Waals surface area contributed by atoms with Gasteiger partial charge >= 0.3 is 0 Å². The van der Waals surface area contributed by atoms with Crippen molar-refractivity contribution in [3.8, 4) is 11.4 Å². The fourth-order valence-electron chi connectivity index (χ4n) is 1.80. The monoisotopic (exact) mass is 319 g/mol. The molecule has 1 N–H and O–H groups in total. The van der Waals surface area contributed by atoms with E-state index < -0.39 is 0 Å². The van der Waals surface area contributed by atoms with Crippen LogP contribution in [0.15, 0.2) is 28.8 Å². The van der Waals surface area contributed by atoms with Gasteiger partial charge in [-0.05, 0) is 20.3 Å². The van der Waals surface area contributed by atoms with Crippen LogP contribution in [-0.2, 0) is 10.5 Å². The molecule has 2 aromatic rings. The van der Waals surface area contributed by atoms with Crippen LogP contribution in [0.4, 0.5) is 0 Å². The third-order valence-corrected chi connectivity index (χ3v) is 4.28. The maximum Gasteiger partial charge on any atom is 0.236 e. The number of hydrogen-bond donors (Lipinski definition) is 1. The Bertz CT molecular complexity index is 610. The molecule has 1 aromatic carbocycles. The molecule has 1 aromatic heterocycles. The number of nitrogens with zero attached hydrogens (tertiary/aromatic N) is 2. The molecule has 0 saturated carbocycles. The Morgan fingerprint density at radius 1 is 1.36 bits per heavy atom. The van der Waals surface area contributed by atoms with Gasteiger partial charge in [0.1, 0.15) is 0 Å². The molecule has 0 aliphatic heterocycles. The molecule has 1 amide bonds. The highest BCUT2D eigenvalue weighted by Crippen LogP contribution is 2.20. The normalized spacial score (nSPS) is 12.1. The highest BCUT2D eigenvalue weighted by atomic mass is 32.2. The highest BCUT2D eigenvalue weighted by Gasteiger charge is 2.15. The lowest BCUT2D eigenvalue weighted by Gasteiger charge is -2.09. The number of nitrogens with one attached hydrogen (secondary N) is 1. The molecule has 1 atom stereocenters. The Kier molecular flexibility index (Phi) is 6.00. The molecule has 0 fully saturated rings. The highest BCUT2D eigenvalue weighted by molar-refractivity contribution is 7.99. The Balaban J connectivity index is 1.89. The Hall–Kier alpha value is -1.82. The van der Waals surface area contributed by atoms with Gasteiger partial charge in [0.25, 0.3) is 0 Å². The number of carbonyl (C=O) groups is 1. The van der Waals surface area contributed by atoms with Crippen LogP contribution in [-0.4, -0.2) is 27.8 Å². The maximum atomic E-state index is 11.8. The smallest absolute Gasteiger partial charge is 0.236 e. The van der Waals surface area contributed by atoms with Crippen LogP contribution in [0.1, 0.15) is 31.7 Å². The zero-order valence-corrected chi connectivity index (χ0v) is 13.9. The topological polar surface area (TPSA) is 68.0 Å². The second kappa shape index (κ2) is 7.98.